The van der Waals surface area contributed by atoms with Crippen LogP contribution < -0.4 is 14.8 Å². The molecule has 7 heteroatoms. The van der Waals surface area contributed by atoms with Crippen molar-refractivity contribution in [3.8, 4) is 11.5 Å². The molecule has 4 rings (SSSR count). The van der Waals surface area contributed by atoms with Crippen LogP contribution in [0.2, 0.25) is 0 Å². The maximum atomic E-state index is 12.2. The average Bonchev–Trinajstić information content (AvgIpc) is 3.21. The van der Waals surface area contributed by atoms with E-state index in [1.165, 1.54) is 0 Å². The number of carbonyl (C=O) groups excluding carboxylic acids is 1. The van der Waals surface area contributed by atoms with Crippen molar-refractivity contribution < 1.29 is 14.3 Å². The molecule has 3 aromatic rings. The minimum atomic E-state index is -0.155. The van der Waals surface area contributed by atoms with E-state index in [2.05, 4.69) is 15.5 Å². The van der Waals surface area contributed by atoms with Crippen LogP contribution in [-0.2, 0) is 6.42 Å². The highest BCUT2D eigenvalue weighted by atomic mass is 16.7. The van der Waals surface area contributed by atoms with E-state index in [1.807, 2.05) is 28.8 Å². The van der Waals surface area contributed by atoms with Gasteiger partial charge in [0.15, 0.2) is 17.1 Å². The Bertz CT molecular complexity index is 875. The van der Waals surface area contributed by atoms with Crippen molar-refractivity contribution in [3.63, 3.8) is 0 Å². The summed E-state index contributed by atoms with van der Waals surface area (Å²) in [6, 6.07) is 10.9. The number of nitrogens with zero attached hydrogens (tertiary/aromatic N) is 3. The van der Waals surface area contributed by atoms with Gasteiger partial charge in [-0.05, 0) is 30.3 Å². The second-order valence-electron chi connectivity index (χ2n) is 5.12. The first kappa shape index (κ1) is 13.6. The van der Waals surface area contributed by atoms with E-state index in [0.29, 0.717) is 30.0 Å². The average molecular weight is 310 g/mol. The summed E-state index contributed by atoms with van der Waals surface area (Å²) in [4.78, 5) is 12.2. The van der Waals surface area contributed by atoms with Gasteiger partial charge in [-0.2, -0.15) is 0 Å². The molecule has 1 aliphatic heterocycles. The predicted molar refractivity (Wildman–Crippen MR) is 81.6 cm³/mol. The fraction of sp³-hybridized carbons (Fsp3) is 0.188. The summed E-state index contributed by atoms with van der Waals surface area (Å²) < 4.78 is 12.4. The second-order valence-corrected chi connectivity index (χ2v) is 5.12. The van der Waals surface area contributed by atoms with Gasteiger partial charge in [0.1, 0.15) is 5.82 Å². The lowest BCUT2D eigenvalue weighted by Gasteiger charge is -2.05. The molecule has 0 saturated carbocycles. The quantitative estimate of drug-likeness (QED) is 0.789. The van der Waals surface area contributed by atoms with Gasteiger partial charge in [0, 0.05) is 24.7 Å². The zero-order chi connectivity index (χ0) is 15.6. The molecule has 1 N–H and O–H groups in total. The molecule has 0 unspecified atom stereocenters. The van der Waals surface area contributed by atoms with E-state index in [1.54, 1.807) is 18.2 Å². The Morgan fingerprint density at radius 3 is 3.04 bits per heavy atom. The molecule has 1 aliphatic rings. The first-order chi connectivity index (χ1) is 11.3. The van der Waals surface area contributed by atoms with Gasteiger partial charge >= 0.3 is 0 Å². The maximum Gasteiger partial charge on any atom is 0.251 e. The highest BCUT2D eigenvalue weighted by Gasteiger charge is 2.16. The van der Waals surface area contributed by atoms with Crippen molar-refractivity contribution in [1.82, 2.24) is 19.9 Å². The lowest BCUT2D eigenvalue weighted by atomic mass is 10.2. The van der Waals surface area contributed by atoms with Crippen molar-refractivity contribution in [2.24, 2.45) is 0 Å². The van der Waals surface area contributed by atoms with Crippen molar-refractivity contribution in [1.29, 1.82) is 0 Å². The Hall–Kier alpha value is -3.09. The third kappa shape index (κ3) is 2.57. The highest BCUT2D eigenvalue weighted by molar-refractivity contribution is 5.94. The number of hydrogen-bond donors (Lipinski definition) is 1. The number of ether oxygens (including phenoxy) is 2. The number of amides is 1. The topological polar surface area (TPSA) is 77.8 Å². The van der Waals surface area contributed by atoms with Crippen LogP contribution in [0, 0.1) is 0 Å². The number of benzene rings is 1. The Labute approximate surface area is 131 Å². The molecule has 23 heavy (non-hydrogen) atoms. The Morgan fingerprint density at radius 1 is 1.17 bits per heavy atom. The summed E-state index contributed by atoms with van der Waals surface area (Å²) in [6.45, 7) is 0.670. The molecule has 116 valence electrons. The van der Waals surface area contributed by atoms with Crippen LogP contribution in [0.1, 0.15) is 16.2 Å². The smallest absolute Gasteiger partial charge is 0.251 e. The summed E-state index contributed by atoms with van der Waals surface area (Å²) >= 11 is 0. The third-order valence-corrected chi connectivity index (χ3v) is 3.65. The van der Waals surface area contributed by atoms with Gasteiger partial charge in [-0.1, -0.05) is 6.07 Å². The van der Waals surface area contributed by atoms with Crippen LogP contribution >= 0.6 is 0 Å². The van der Waals surface area contributed by atoms with Crippen molar-refractivity contribution in [2.75, 3.05) is 13.3 Å². The van der Waals surface area contributed by atoms with Crippen molar-refractivity contribution in [2.45, 2.75) is 6.42 Å². The van der Waals surface area contributed by atoms with E-state index < -0.39 is 0 Å². The number of hydrogen-bond acceptors (Lipinski definition) is 5. The Morgan fingerprint density at radius 2 is 2.09 bits per heavy atom. The largest absolute Gasteiger partial charge is 0.454 e. The van der Waals surface area contributed by atoms with Gasteiger partial charge in [-0.15, -0.1) is 10.2 Å². The van der Waals surface area contributed by atoms with Crippen LogP contribution in [0.25, 0.3) is 5.65 Å². The van der Waals surface area contributed by atoms with Crippen LogP contribution in [0.5, 0.6) is 11.5 Å². The van der Waals surface area contributed by atoms with Gasteiger partial charge in [-0.3, -0.25) is 9.20 Å². The first-order valence-electron chi connectivity index (χ1n) is 7.28. The van der Waals surface area contributed by atoms with Gasteiger partial charge in [0.2, 0.25) is 6.79 Å². The first-order valence-corrected chi connectivity index (χ1v) is 7.28. The standard InChI is InChI=1S/C16H14N4O3/c21-16(11-4-5-12-13(9-11)23-10-22-12)17-7-6-15-19-18-14-3-1-2-8-20(14)15/h1-5,8-9H,6-7,10H2,(H,17,21). The van der Waals surface area contributed by atoms with E-state index in [9.17, 15) is 4.79 Å². The molecule has 2 aromatic heterocycles. The number of pyridine rings is 1. The molecular formula is C16H14N4O3. The van der Waals surface area contributed by atoms with Crippen LogP contribution in [0.4, 0.5) is 0 Å². The molecule has 0 aliphatic carbocycles. The van der Waals surface area contributed by atoms with Crippen LogP contribution in [0.3, 0.4) is 0 Å². The summed E-state index contributed by atoms with van der Waals surface area (Å²) in [7, 11) is 0. The number of carbonyl (C=O) groups is 1. The molecule has 7 nitrogen and oxygen atoms in total. The zero-order valence-corrected chi connectivity index (χ0v) is 12.2. The maximum absolute atomic E-state index is 12.2. The minimum Gasteiger partial charge on any atom is -0.454 e. The van der Waals surface area contributed by atoms with E-state index in [-0.39, 0.29) is 12.7 Å². The molecular weight excluding hydrogens is 296 g/mol. The minimum absolute atomic E-state index is 0.155. The lowest BCUT2D eigenvalue weighted by molar-refractivity contribution is 0.0953. The molecule has 0 atom stereocenters. The monoisotopic (exact) mass is 310 g/mol. The van der Waals surface area contributed by atoms with Gasteiger partial charge in [-0.25, -0.2) is 0 Å². The summed E-state index contributed by atoms with van der Waals surface area (Å²) in [5.41, 5.74) is 1.34. The third-order valence-electron chi connectivity index (χ3n) is 3.65. The number of rotatable bonds is 4. The fourth-order valence-electron chi connectivity index (χ4n) is 2.49. The van der Waals surface area contributed by atoms with Crippen LogP contribution in [0.15, 0.2) is 42.6 Å². The molecule has 0 radical (unpaired) electrons. The second kappa shape index (κ2) is 5.60. The molecule has 1 aromatic carbocycles. The number of aromatic nitrogens is 3. The van der Waals surface area contributed by atoms with E-state index >= 15 is 0 Å². The highest BCUT2D eigenvalue weighted by Crippen LogP contribution is 2.32. The van der Waals surface area contributed by atoms with Crippen LogP contribution in [-0.4, -0.2) is 33.8 Å². The van der Waals surface area contributed by atoms with E-state index in [4.69, 9.17) is 9.47 Å². The SMILES string of the molecule is O=C(NCCc1nnc2ccccn12)c1ccc2c(c1)OCO2. The summed E-state index contributed by atoms with van der Waals surface area (Å²) in [5, 5.41) is 11.1. The van der Waals surface area contributed by atoms with Crippen molar-refractivity contribution in [3.05, 3.63) is 54.0 Å². The molecule has 0 saturated heterocycles. The molecule has 3 heterocycles. The zero-order valence-electron chi connectivity index (χ0n) is 12.2. The van der Waals surface area contributed by atoms with E-state index in [0.717, 1.165) is 11.5 Å². The molecule has 0 fully saturated rings. The summed E-state index contributed by atoms with van der Waals surface area (Å²) in [6.07, 6.45) is 2.51. The van der Waals surface area contributed by atoms with Crippen molar-refractivity contribution >= 4 is 11.6 Å². The molecule has 1 amide bonds. The predicted octanol–water partition coefficient (Wildman–Crippen LogP) is 1.43. The van der Waals surface area contributed by atoms with Gasteiger partial charge < -0.3 is 14.8 Å². The Kier molecular flexibility index (Phi) is 3.30. The lowest BCUT2D eigenvalue weighted by Crippen LogP contribution is -2.26. The number of fused-ring (bicyclic) bond motifs is 2. The summed E-state index contributed by atoms with van der Waals surface area (Å²) in [5.74, 6) is 1.92. The number of nitrogens with one attached hydrogen (secondary N) is 1. The molecule has 0 bridgehead atoms. The molecule has 0 spiro atoms. The van der Waals surface area contributed by atoms with Gasteiger partial charge in [0.25, 0.3) is 5.91 Å². The van der Waals surface area contributed by atoms with Gasteiger partial charge in [0.05, 0.1) is 0 Å². The fourth-order valence-corrected chi connectivity index (χ4v) is 2.49. The normalized spacial score (nSPS) is 12.5. The Balaban J connectivity index is 1.40.